The summed E-state index contributed by atoms with van der Waals surface area (Å²) >= 11 is 12.0. The van der Waals surface area contributed by atoms with Crippen LogP contribution < -0.4 is 10.2 Å². The van der Waals surface area contributed by atoms with Crippen LogP contribution in [0.3, 0.4) is 0 Å². The van der Waals surface area contributed by atoms with Crippen LogP contribution >= 0.6 is 23.2 Å². The maximum Gasteiger partial charge on any atom is 0.236 e. The summed E-state index contributed by atoms with van der Waals surface area (Å²) in [4.78, 5) is 10.8. The smallest absolute Gasteiger partial charge is 0.236 e. The van der Waals surface area contributed by atoms with Crippen molar-refractivity contribution in [3.8, 4) is 5.75 Å². The van der Waals surface area contributed by atoms with Crippen LogP contribution in [0.5, 0.6) is 5.75 Å². The fourth-order valence-corrected chi connectivity index (χ4v) is 2.17. The number of hydrazone groups is 1. The molecule has 0 bridgehead atoms. The van der Waals surface area contributed by atoms with Crippen LogP contribution in [0.1, 0.15) is 18.1 Å². The van der Waals surface area contributed by atoms with E-state index in [1.54, 1.807) is 12.1 Å². The van der Waals surface area contributed by atoms with E-state index < -0.39 is 0 Å². The molecule has 4 nitrogen and oxygen atoms in total. The quantitative estimate of drug-likeness (QED) is 0.661. The van der Waals surface area contributed by atoms with E-state index in [4.69, 9.17) is 27.9 Å². The number of halogens is 2. The molecule has 0 aromatic heterocycles. The van der Waals surface area contributed by atoms with Gasteiger partial charge < -0.3 is 4.74 Å². The fourth-order valence-electron chi connectivity index (χ4n) is 1.71. The number of carbonyl (C=O) groups excluding carboxylic acids is 1. The molecule has 0 radical (unpaired) electrons. The average molecular weight is 337 g/mol. The van der Waals surface area contributed by atoms with Gasteiger partial charge >= 0.3 is 0 Å². The van der Waals surface area contributed by atoms with E-state index in [1.807, 2.05) is 30.3 Å². The van der Waals surface area contributed by atoms with E-state index >= 15 is 0 Å². The third-order valence-corrected chi connectivity index (χ3v) is 3.33. The fraction of sp³-hybridized carbons (Fsp3) is 0.125. The lowest BCUT2D eigenvalue weighted by Gasteiger charge is -2.10. The molecule has 114 valence electrons. The van der Waals surface area contributed by atoms with Crippen molar-refractivity contribution in [1.29, 1.82) is 0 Å². The molecule has 0 aliphatic carbocycles. The van der Waals surface area contributed by atoms with E-state index in [1.165, 1.54) is 13.1 Å². The lowest BCUT2D eigenvalue weighted by molar-refractivity contribution is -0.118. The van der Waals surface area contributed by atoms with E-state index in [0.29, 0.717) is 22.4 Å². The first kappa shape index (κ1) is 16.3. The number of hydrogen-bond donors (Lipinski definition) is 1. The van der Waals surface area contributed by atoms with Crippen molar-refractivity contribution < 1.29 is 9.53 Å². The van der Waals surface area contributed by atoms with Crippen LogP contribution in [0.4, 0.5) is 0 Å². The Balaban J connectivity index is 2.09. The largest absolute Gasteiger partial charge is 0.488 e. The second kappa shape index (κ2) is 7.82. The minimum absolute atomic E-state index is 0.234. The van der Waals surface area contributed by atoms with Crippen LogP contribution in [-0.4, -0.2) is 12.1 Å². The van der Waals surface area contributed by atoms with Gasteiger partial charge in [0, 0.05) is 28.1 Å². The van der Waals surface area contributed by atoms with Gasteiger partial charge in [-0.2, -0.15) is 5.10 Å². The summed E-state index contributed by atoms with van der Waals surface area (Å²) < 4.78 is 5.77. The zero-order valence-corrected chi connectivity index (χ0v) is 13.4. The molecule has 0 atom stereocenters. The summed E-state index contributed by atoms with van der Waals surface area (Å²) in [7, 11) is 0. The zero-order chi connectivity index (χ0) is 15.9. The summed E-state index contributed by atoms with van der Waals surface area (Å²) in [6.07, 6.45) is 1.53. The molecule has 2 aromatic rings. The topological polar surface area (TPSA) is 50.7 Å². The van der Waals surface area contributed by atoms with Gasteiger partial charge in [-0.1, -0.05) is 41.4 Å². The van der Waals surface area contributed by atoms with Gasteiger partial charge in [0.15, 0.2) is 0 Å². The molecular formula is C16H14Cl2N2O2. The number of rotatable bonds is 5. The molecule has 1 N–H and O–H groups in total. The minimum Gasteiger partial charge on any atom is -0.488 e. The van der Waals surface area contributed by atoms with Crippen molar-refractivity contribution in [2.45, 2.75) is 13.5 Å². The molecule has 0 spiro atoms. The first-order chi connectivity index (χ1) is 10.6. The number of para-hydroxylation sites is 1. The lowest BCUT2D eigenvalue weighted by atomic mass is 10.2. The average Bonchev–Trinajstić information content (AvgIpc) is 2.47. The summed E-state index contributed by atoms with van der Waals surface area (Å²) in [6, 6.07) is 12.6. The first-order valence-corrected chi connectivity index (χ1v) is 7.27. The van der Waals surface area contributed by atoms with Crippen molar-refractivity contribution >= 4 is 35.3 Å². The Hall–Kier alpha value is -2.04. The van der Waals surface area contributed by atoms with Gasteiger partial charge in [0.25, 0.3) is 0 Å². The van der Waals surface area contributed by atoms with Gasteiger partial charge in [0.1, 0.15) is 12.4 Å². The summed E-state index contributed by atoms with van der Waals surface area (Å²) in [5.74, 6) is 0.408. The van der Waals surface area contributed by atoms with Crippen LogP contribution in [0, 0.1) is 0 Å². The van der Waals surface area contributed by atoms with Crippen molar-refractivity contribution in [2.75, 3.05) is 0 Å². The van der Waals surface area contributed by atoms with Gasteiger partial charge in [-0.15, -0.1) is 0 Å². The number of amides is 1. The van der Waals surface area contributed by atoms with E-state index in [2.05, 4.69) is 10.5 Å². The highest BCUT2D eigenvalue weighted by Gasteiger charge is 2.05. The highest BCUT2D eigenvalue weighted by Crippen LogP contribution is 2.23. The zero-order valence-electron chi connectivity index (χ0n) is 11.8. The van der Waals surface area contributed by atoms with Gasteiger partial charge in [0.05, 0.1) is 6.21 Å². The highest BCUT2D eigenvalue weighted by atomic mass is 35.5. The van der Waals surface area contributed by atoms with E-state index in [-0.39, 0.29) is 5.91 Å². The van der Waals surface area contributed by atoms with Crippen LogP contribution in [-0.2, 0) is 11.4 Å². The Bertz CT molecular complexity index is 702. The molecule has 6 heteroatoms. The third-order valence-electron chi connectivity index (χ3n) is 2.74. The van der Waals surface area contributed by atoms with E-state index in [9.17, 15) is 4.79 Å². The molecule has 0 saturated carbocycles. The molecule has 0 heterocycles. The molecule has 0 aliphatic rings. The Morgan fingerprint density at radius 1 is 1.27 bits per heavy atom. The number of ether oxygens (including phenoxy) is 1. The normalized spacial score (nSPS) is 10.7. The first-order valence-electron chi connectivity index (χ1n) is 6.51. The molecule has 0 saturated heterocycles. The second-order valence-electron chi connectivity index (χ2n) is 4.49. The van der Waals surface area contributed by atoms with E-state index in [0.717, 1.165) is 11.1 Å². The Morgan fingerprint density at radius 3 is 2.77 bits per heavy atom. The monoisotopic (exact) mass is 336 g/mol. The number of hydrogen-bond acceptors (Lipinski definition) is 3. The van der Waals surface area contributed by atoms with Crippen molar-refractivity contribution in [3.63, 3.8) is 0 Å². The molecule has 0 fully saturated rings. The van der Waals surface area contributed by atoms with Crippen LogP contribution in [0.25, 0.3) is 0 Å². The molecule has 2 aromatic carbocycles. The summed E-state index contributed by atoms with van der Waals surface area (Å²) in [6.45, 7) is 1.70. The maximum atomic E-state index is 10.8. The second-order valence-corrected chi connectivity index (χ2v) is 5.33. The van der Waals surface area contributed by atoms with Gasteiger partial charge in [-0.3, -0.25) is 4.79 Å². The minimum atomic E-state index is -0.234. The molecular weight excluding hydrogens is 323 g/mol. The highest BCUT2D eigenvalue weighted by molar-refractivity contribution is 6.35. The predicted molar refractivity (Wildman–Crippen MR) is 88.6 cm³/mol. The summed E-state index contributed by atoms with van der Waals surface area (Å²) in [5, 5.41) is 4.97. The number of benzene rings is 2. The molecule has 22 heavy (non-hydrogen) atoms. The van der Waals surface area contributed by atoms with Crippen molar-refractivity contribution in [2.24, 2.45) is 5.10 Å². The molecule has 1 amide bonds. The predicted octanol–water partition coefficient (Wildman–Crippen LogP) is 4.04. The van der Waals surface area contributed by atoms with Crippen molar-refractivity contribution in [1.82, 2.24) is 5.43 Å². The van der Waals surface area contributed by atoms with Gasteiger partial charge in [0.2, 0.25) is 5.91 Å². The van der Waals surface area contributed by atoms with Crippen LogP contribution in [0.15, 0.2) is 47.6 Å². The van der Waals surface area contributed by atoms with Gasteiger partial charge in [-0.25, -0.2) is 5.43 Å². The summed E-state index contributed by atoms with van der Waals surface area (Å²) in [5.41, 5.74) is 3.93. The Kier molecular flexibility index (Phi) is 5.81. The number of nitrogens with zero attached hydrogens (tertiary/aromatic N) is 1. The standard InChI is InChI=1S/C16H14Cl2N2O2/c1-11(21)20-19-9-12-4-2-3-5-16(12)22-10-13-6-7-14(17)8-15(13)18/h2-9H,10H2,1H3,(H,20,21)/b19-9-. The molecule has 0 aliphatic heterocycles. The Labute approximate surface area is 138 Å². The molecule has 2 rings (SSSR count). The third kappa shape index (κ3) is 4.76. The van der Waals surface area contributed by atoms with Crippen LogP contribution in [0.2, 0.25) is 10.0 Å². The van der Waals surface area contributed by atoms with Crippen molar-refractivity contribution in [3.05, 3.63) is 63.6 Å². The van der Waals surface area contributed by atoms with Gasteiger partial charge in [-0.05, 0) is 24.3 Å². The SMILES string of the molecule is CC(=O)N/N=C\c1ccccc1OCc1ccc(Cl)cc1Cl. The maximum absolute atomic E-state index is 10.8. The Morgan fingerprint density at radius 2 is 2.05 bits per heavy atom. The lowest BCUT2D eigenvalue weighted by Crippen LogP contribution is -2.12. The molecule has 0 unspecified atom stereocenters. The number of nitrogens with one attached hydrogen (secondary N) is 1. The number of carbonyl (C=O) groups is 1.